The fourth-order valence-corrected chi connectivity index (χ4v) is 12.0. The molecule has 1 unspecified atom stereocenters. The lowest BCUT2D eigenvalue weighted by atomic mass is 9.85. The second-order valence-electron chi connectivity index (χ2n) is 22.5. The Bertz CT molecular complexity index is 3030. The Hall–Kier alpha value is -6.83. The van der Waals surface area contributed by atoms with E-state index in [2.05, 4.69) is 40.6 Å². The normalized spacial score (nSPS) is 18.3. The van der Waals surface area contributed by atoms with Gasteiger partial charge in [0, 0.05) is 65.2 Å². The average Bonchev–Trinajstić information content (AvgIpc) is 4.41. The molecule has 3 fully saturated rings. The monoisotopic (exact) mass is 1100 g/mol. The van der Waals surface area contributed by atoms with E-state index in [9.17, 15) is 28.7 Å². The van der Waals surface area contributed by atoms with Crippen LogP contribution in [0.15, 0.2) is 90.6 Å². The molecular weight excluding hydrogens is 1020 g/mol. The van der Waals surface area contributed by atoms with Crippen molar-refractivity contribution in [3.63, 3.8) is 0 Å². The molecule has 0 bridgehead atoms. The summed E-state index contributed by atoms with van der Waals surface area (Å²) in [7, 11) is 0. The molecule has 9 rings (SSSR count). The SMILES string of the molecule is Cc1ncsc1-c1ccc(CNC(=O)[C@@H]2CC(O)CN2C(=O)[C@@H](NC(=O)CCCCCCCCCCNC(=O)CN2CCN(c3cccc(-c4cnc5ccc(N6CCC[C@@H]6c6cccc(F)c6)nn45)n3)CC2)C(C)(C)C)cc1. The van der Waals surface area contributed by atoms with Crippen molar-refractivity contribution in [2.75, 3.05) is 62.2 Å². The van der Waals surface area contributed by atoms with Crippen LogP contribution in [0.2, 0.25) is 0 Å². The molecule has 3 aliphatic rings. The minimum atomic E-state index is -0.853. The number of aryl methyl sites for hydroxylation is 1. The number of amides is 4. The summed E-state index contributed by atoms with van der Waals surface area (Å²) in [5.41, 5.74) is 7.41. The van der Waals surface area contributed by atoms with E-state index < -0.39 is 23.6 Å². The standard InChI is InChI=1S/C60H77FN12O5S/c1-41-56(79-40-65-41)43-24-22-42(23-25-43)36-64-58(77)49-35-46(74)38-72(49)59(78)57(60(2,3)4)67-54(75)21-11-9-7-5-6-8-10-12-28-62-55(76)39-69-30-32-70(33-31-69)52-20-14-18-47(66-52)50-37-63-51-26-27-53(68-73(50)51)71-29-15-19-48(71)44-16-13-17-45(61)34-44/h13-14,16-18,20,22-27,34,37,40,46,48-49,57,74H,5-12,15,19,21,28-33,35-36,38-39H2,1-4H3,(H,62,76)(H,64,77)(H,67,75)/t46?,48-,49+,57-/m1/s1. The molecule has 4 aromatic heterocycles. The minimum Gasteiger partial charge on any atom is -0.391 e. The first kappa shape index (κ1) is 56.9. The number of piperazine rings is 1. The maximum atomic E-state index is 14.1. The quantitative estimate of drug-likeness (QED) is 0.0450. The second-order valence-corrected chi connectivity index (χ2v) is 23.4. The third kappa shape index (κ3) is 14.7. The number of nitrogens with one attached hydrogen (secondary N) is 3. The van der Waals surface area contributed by atoms with Crippen LogP contribution >= 0.6 is 11.3 Å². The van der Waals surface area contributed by atoms with Crippen LogP contribution in [-0.2, 0) is 25.7 Å². The fourth-order valence-electron chi connectivity index (χ4n) is 11.1. The molecule has 7 heterocycles. The molecule has 420 valence electrons. The average molecular weight is 1100 g/mol. The van der Waals surface area contributed by atoms with Crippen LogP contribution in [-0.4, -0.2) is 134 Å². The number of rotatable bonds is 23. The van der Waals surface area contributed by atoms with E-state index >= 15 is 0 Å². The summed E-state index contributed by atoms with van der Waals surface area (Å²) in [6.07, 6.45) is 11.2. The smallest absolute Gasteiger partial charge is 0.246 e. The molecule has 0 aliphatic carbocycles. The van der Waals surface area contributed by atoms with E-state index in [1.165, 1.54) is 11.0 Å². The van der Waals surface area contributed by atoms with Crippen LogP contribution in [0, 0.1) is 18.2 Å². The number of benzene rings is 2. The number of carbonyl (C=O) groups is 4. The van der Waals surface area contributed by atoms with Gasteiger partial charge >= 0.3 is 0 Å². The number of fused-ring (bicyclic) bond motifs is 1. The number of aromatic nitrogens is 5. The number of aliphatic hydroxyl groups excluding tert-OH is 1. The van der Waals surface area contributed by atoms with Gasteiger partial charge in [0.05, 0.1) is 46.7 Å². The molecule has 79 heavy (non-hydrogen) atoms. The molecule has 0 spiro atoms. The number of anilines is 2. The number of halogens is 1. The first-order valence-corrected chi connectivity index (χ1v) is 29.2. The number of carbonyl (C=O) groups excluding carboxylic acids is 4. The molecule has 4 amide bonds. The number of nitrogens with zero attached hydrogens (tertiary/aromatic N) is 9. The van der Waals surface area contributed by atoms with Gasteiger partial charge in [0.15, 0.2) is 5.65 Å². The number of aliphatic hydroxyl groups is 1. The lowest BCUT2D eigenvalue weighted by Gasteiger charge is -2.35. The molecule has 0 radical (unpaired) electrons. The summed E-state index contributed by atoms with van der Waals surface area (Å²) in [5.74, 6) is 0.619. The predicted molar refractivity (Wildman–Crippen MR) is 307 cm³/mol. The molecule has 4 atom stereocenters. The van der Waals surface area contributed by atoms with Gasteiger partial charge in [-0.3, -0.25) is 24.1 Å². The van der Waals surface area contributed by atoms with Crippen LogP contribution in [0.3, 0.4) is 0 Å². The molecule has 17 nitrogen and oxygen atoms in total. The molecule has 6 aromatic rings. The van der Waals surface area contributed by atoms with Crippen molar-refractivity contribution >= 4 is 52.2 Å². The number of likely N-dealkylation sites (tertiary alicyclic amines) is 1. The zero-order chi connectivity index (χ0) is 55.5. The van der Waals surface area contributed by atoms with Crippen LogP contribution in [0.1, 0.15) is 121 Å². The zero-order valence-corrected chi connectivity index (χ0v) is 47.0. The van der Waals surface area contributed by atoms with Crippen molar-refractivity contribution in [2.45, 2.75) is 136 Å². The minimum absolute atomic E-state index is 0.0313. The van der Waals surface area contributed by atoms with Gasteiger partial charge in [0.25, 0.3) is 0 Å². The maximum absolute atomic E-state index is 14.1. The number of thiazole rings is 1. The van der Waals surface area contributed by atoms with E-state index in [0.29, 0.717) is 25.9 Å². The van der Waals surface area contributed by atoms with Crippen molar-refractivity contribution in [2.24, 2.45) is 5.41 Å². The number of unbranched alkanes of at least 4 members (excludes halogenated alkanes) is 7. The van der Waals surface area contributed by atoms with Crippen molar-refractivity contribution in [1.29, 1.82) is 0 Å². The summed E-state index contributed by atoms with van der Waals surface area (Å²) < 4.78 is 16.0. The Kier molecular flexibility index (Phi) is 19.0. The largest absolute Gasteiger partial charge is 0.391 e. The zero-order valence-electron chi connectivity index (χ0n) is 46.2. The highest BCUT2D eigenvalue weighted by Crippen LogP contribution is 2.36. The molecule has 19 heteroatoms. The van der Waals surface area contributed by atoms with Gasteiger partial charge < -0.3 is 35.8 Å². The van der Waals surface area contributed by atoms with E-state index in [1.54, 1.807) is 23.5 Å². The third-order valence-corrected chi connectivity index (χ3v) is 16.5. The Labute approximate surface area is 467 Å². The van der Waals surface area contributed by atoms with E-state index in [4.69, 9.17) is 10.1 Å². The van der Waals surface area contributed by atoms with Gasteiger partial charge in [0.2, 0.25) is 23.6 Å². The van der Waals surface area contributed by atoms with Crippen molar-refractivity contribution in [3.05, 3.63) is 113 Å². The number of hydrogen-bond donors (Lipinski definition) is 4. The lowest BCUT2D eigenvalue weighted by molar-refractivity contribution is -0.144. The van der Waals surface area contributed by atoms with Crippen LogP contribution < -0.4 is 25.8 Å². The first-order valence-electron chi connectivity index (χ1n) is 28.3. The summed E-state index contributed by atoms with van der Waals surface area (Å²) in [4.78, 5) is 76.9. The Morgan fingerprint density at radius 3 is 2.30 bits per heavy atom. The van der Waals surface area contributed by atoms with Crippen LogP contribution in [0.5, 0.6) is 0 Å². The van der Waals surface area contributed by atoms with Crippen LogP contribution in [0.4, 0.5) is 16.0 Å². The molecule has 3 aliphatic heterocycles. The number of β-amino-alcohol motifs (C(OH)–C–C–N with tert-alkyl or cyclic N) is 1. The van der Waals surface area contributed by atoms with E-state index in [-0.39, 0.29) is 55.0 Å². The Balaban J connectivity index is 0.625. The van der Waals surface area contributed by atoms with Crippen molar-refractivity contribution in [3.8, 4) is 21.8 Å². The number of pyridine rings is 1. The highest BCUT2D eigenvalue weighted by molar-refractivity contribution is 7.13. The summed E-state index contributed by atoms with van der Waals surface area (Å²) in [5, 5.41) is 24.7. The highest BCUT2D eigenvalue weighted by Gasteiger charge is 2.44. The van der Waals surface area contributed by atoms with Gasteiger partial charge in [-0.05, 0) is 91.1 Å². The molecule has 2 aromatic carbocycles. The molecular formula is C60H77FN12O5S. The molecule has 3 saturated heterocycles. The summed E-state index contributed by atoms with van der Waals surface area (Å²) in [6.45, 7) is 12.9. The fraction of sp³-hybridized carbons (Fsp3) is 0.500. The van der Waals surface area contributed by atoms with Gasteiger partial charge in [-0.1, -0.05) is 102 Å². The van der Waals surface area contributed by atoms with Gasteiger partial charge in [-0.25, -0.2) is 23.9 Å². The second kappa shape index (κ2) is 26.4. The maximum Gasteiger partial charge on any atom is 0.246 e. The number of imidazole rings is 1. The van der Waals surface area contributed by atoms with Crippen molar-refractivity contribution in [1.82, 2.24) is 50.3 Å². The highest BCUT2D eigenvalue weighted by atomic mass is 32.1. The molecule has 0 saturated carbocycles. The Morgan fingerprint density at radius 1 is 0.823 bits per heavy atom. The first-order chi connectivity index (χ1) is 38.2. The molecule has 4 N–H and O–H groups in total. The van der Waals surface area contributed by atoms with Crippen molar-refractivity contribution < 1.29 is 28.7 Å². The Morgan fingerprint density at radius 2 is 1.57 bits per heavy atom. The summed E-state index contributed by atoms with van der Waals surface area (Å²) >= 11 is 1.58. The third-order valence-electron chi connectivity index (χ3n) is 15.6. The summed E-state index contributed by atoms with van der Waals surface area (Å²) in [6, 6.07) is 23.1. The van der Waals surface area contributed by atoms with Crippen LogP contribution in [0.25, 0.3) is 27.5 Å². The topological polar surface area (TPSA) is 194 Å². The van der Waals surface area contributed by atoms with Gasteiger partial charge in [0.1, 0.15) is 35.2 Å². The van der Waals surface area contributed by atoms with Gasteiger partial charge in [-0.2, -0.15) is 0 Å². The van der Waals surface area contributed by atoms with E-state index in [0.717, 1.165) is 146 Å². The predicted octanol–water partition coefficient (Wildman–Crippen LogP) is 8.26. The number of hydrogen-bond acceptors (Lipinski definition) is 13. The lowest BCUT2D eigenvalue weighted by Crippen LogP contribution is -2.57. The van der Waals surface area contributed by atoms with E-state index in [1.807, 2.05) is 105 Å². The van der Waals surface area contributed by atoms with Gasteiger partial charge in [-0.15, -0.1) is 16.4 Å².